The quantitative estimate of drug-likeness (QED) is 0.680. The molecule has 0 radical (unpaired) electrons. The monoisotopic (exact) mass is 383 g/mol. The van der Waals surface area contributed by atoms with Gasteiger partial charge in [-0.05, 0) is 18.1 Å². The van der Waals surface area contributed by atoms with Gasteiger partial charge in [0.1, 0.15) is 0 Å². The van der Waals surface area contributed by atoms with Crippen LogP contribution in [0.4, 0.5) is 13.2 Å². The summed E-state index contributed by atoms with van der Waals surface area (Å²) < 4.78 is 43.6. The molecule has 3 aromatic rings. The number of carbonyl (C=O) groups is 1. The lowest BCUT2D eigenvalue weighted by atomic mass is 10.1. The third kappa shape index (κ3) is 2.98. The topological polar surface area (TPSA) is 77.0 Å². The molecule has 3 aromatic heterocycles. The molecule has 1 amide bonds. The maximum Gasteiger partial charge on any atom is 0.471 e. The number of nitrogens with zero attached hydrogens (tertiary/aromatic N) is 5. The molecule has 0 aromatic carbocycles. The summed E-state index contributed by atoms with van der Waals surface area (Å²) in [5.74, 6) is -1.59. The van der Waals surface area contributed by atoms with E-state index in [0.717, 1.165) is 10.4 Å². The second-order valence-electron chi connectivity index (χ2n) is 5.86. The molecule has 7 nitrogen and oxygen atoms in total. The van der Waals surface area contributed by atoms with Gasteiger partial charge in [-0.1, -0.05) is 5.16 Å². The number of alkyl halides is 3. The first-order chi connectivity index (χ1) is 12.3. The molecule has 136 valence electrons. The summed E-state index contributed by atoms with van der Waals surface area (Å²) in [5, 5.41) is 7.41. The number of hydrogen-bond donors (Lipinski definition) is 0. The fourth-order valence-corrected chi connectivity index (χ4v) is 3.91. The number of aryl methyl sites for hydroxylation is 1. The number of carbonyl (C=O) groups excluding carboxylic acids is 1. The molecule has 0 saturated carbocycles. The minimum Gasteiger partial charge on any atom is -0.333 e. The fourth-order valence-electron chi connectivity index (χ4n) is 2.76. The summed E-state index contributed by atoms with van der Waals surface area (Å²) in [6.45, 7) is 0.911. The molecule has 0 spiro atoms. The largest absolute Gasteiger partial charge is 0.471 e. The number of thiophene rings is 1. The Kier molecular flexibility index (Phi) is 3.83. The average molecular weight is 383 g/mol. The molecule has 11 heteroatoms. The van der Waals surface area contributed by atoms with Gasteiger partial charge in [0.25, 0.3) is 5.91 Å². The van der Waals surface area contributed by atoms with Crippen LogP contribution in [0.25, 0.3) is 10.7 Å². The van der Waals surface area contributed by atoms with E-state index in [1.807, 2.05) is 0 Å². The van der Waals surface area contributed by atoms with E-state index < -0.39 is 12.1 Å². The second kappa shape index (κ2) is 5.94. The van der Waals surface area contributed by atoms with Gasteiger partial charge in [-0.2, -0.15) is 23.3 Å². The van der Waals surface area contributed by atoms with Crippen molar-refractivity contribution in [3.05, 3.63) is 40.4 Å². The van der Waals surface area contributed by atoms with Crippen LogP contribution in [0.1, 0.15) is 26.7 Å². The van der Waals surface area contributed by atoms with Gasteiger partial charge in [-0.3, -0.25) is 9.48 Å². The van der Waals surface area contributed by atoms with E-state index in [1.54, 1.807) is 28.9 Å². The first-order valence-electron chi connectivity index (χ1n) is 7.62. The highest BCUT2D eigenvalue weighted by Crippen LogP contribution is 2.35. The maximum absolute atomic E-state index is 12.6. The van der Waals surface area contributed by atoms with Crippen molar-refractivity contribution in [3.63, 3.8) is 0 Å². The lowest BCUT2D eigenvalue weighted by Crippen LogP contribution is -2.35. The molecule has 0 saturated heterocycles. The van der Waals surface area contributed by atoms with E-state index in [9.17, 15) is 18.0 Å². The van der Waals surface area contributed by atoms with Gasteiger partial charge in [-0.15, -0.1) is 11.3 Å². The third-order valence-electron chi connectivity index (χ3n) is 4.01. The van der Waals surface area contributed by atoms with Gasteiger partial charge in [0.15, 0.2) is 0 Å². The van der Waals surface area contributed by atoms with Crippen LogP contribution in [-0.2, 0) is 26.2 Å². The van der Waals surface area contributed by atoms with E-state index in [1.165, 1.54) is 17.5 Å². The first kappa shape index (κ1) is 16.8. The molecule has 0 unspecified atom stereocenters. The molecule has 0 fully saturated rings. The van der Waals surface area contributed by atoms with Crippen molar-refractivity contribution in [2.24, 2.45) is 7.05 Å². The van der Waals surface area contributed by atoms with Crippen LogP contribution in [-0.4, -0.2) is 37.3 Å². The van der Waals surface area contributed by atoms with E-state index in [-0.39, 0.29) is 11.7 Å². The average Bonchev–Trinajstić information content (AvgIpc) is 3.31. The Balaban J connectivity index is 1.56. The Morgan fingerprint density at radius 3 is 2.85 bits per heavy atom. The maximum atomic E-state index is 12.6. The molecule has 1 aliphatic heterocycles. The van der Waals surface area contributed by atoms with Gasteiger partial charge in [0, 0.05) is 24.7 Å². The molecule has 4 heterocycles. The number of hydrogen-bond acceptors (Lipinski definition) is 6. The first-order valence-corrected chi connectivity index (χ1v) is 8.43. The Labute approximate surface area is 149 Å². The standard InChI is InChI=1S/C15H12F3N5O2S/c1-22-6-9(5-19-22)13(24)23-3-2-8-4-10(26-11(8)7-23)12-20-14(25-21-12)15(16,17)18/h4-6H,2-3,7H2,1H3. The van der Waals surface area contributed by atoms with Gasteiger partial charge in [-0.25, -0.2) is 0 Å². The van der Waals surface area contributed by atoms with Crippen LogP contribution in [0.3, 0.4) is 0 Å². The predicted molar refractivity (Wildman–Crippen MR) is 84.3 cm³/mol. The molecule has 0 atom stereocenters. The highest BCUT2D eigenvalue weighted by Gasteiger charge is 2.38. The lowest BCUT2D eigenvalue weighted by molar-refractivity contribution is -0.159. The van der Waals surface area contributed by atoms with Gasteiger partial charge < -0.3 is 9.42 Å². The Morgan fingerprint density at radius 1 is 1.38 bits per heavy atom. The van der Waals surface area contributed by atoms with E-state index in [2.05, 4.69) is 19.8 Å². The fraction of sp³-hybridized carbons (Fsp3) is 0.333. The molecule has 0 N–H and O–H groups in total. The molecule has 1 aliphatic rings. The predicted octanol–water partition coefficient (Wildman–Crippen LogP) is 2.75. The van der Waals surface area contributed by atoms with Crippen LogP contribution >= 0.6 is 11.3 Å². The van der Waals surface area contributed by atoms with Gasteiger partial charge >= 0.3 is 12.1 Å². The van der Waals surface area contributed by atoms with Gasteiger partial charge in [0.2, 0.25) is 5.82 Å². The molecule has 4 rings (SSSR count). The molecular weight excluding hydrogens is 371 g/mol. The second-order valence-corrected chi connectivity index (χ2v) is 7.00. The molecule has 0 bridgehead atoms. The third-order valence-corrected chi connectivity index (χ3v) is 5.17. The van der Waals surface area contributed by atoms with Crippen molar-refractivity contribution in [3.8, 4) is 10.7 Å². The van der Waals surface area contributed by atoms with Crippen LogP contribution < -0.4 is 0 Å². The highest BCUT2D eigenvalue weighted by atomic mass is 32.1. The Morgan fingerprint density at radius 2 is 2.19 bits per heavy atom. The van der Waals surface area contributed by atoms with Crippen molar-refractivity contribution in [1.82, 2.24) is 24.8 Å². The molecule has 26 heavy (non-hydrogen) atoms. The van der Waals surface area contributed by atoms with E-state index in [4.69, 9.17) is 0 Å². The zero-order valence-electron chi connectivity index (χ0n) is 13.4. The summed E-state index contributed by atoms with van der Waals surface area (Å²) in [7, 11) is 1.73. The van der Waals surface area contributed by atoms with E-state index in [0.29, 0.717) is 30.0 Å². The van der Waals surface area contributed by atoms with Crippen LogP contribution in [0.15, 0.2) is 23.0 Å². The zero-order chi connectivity index (χ0) is 18.5. The number of amides is 1. The SMILES string of the molecule is Cn1cc(C(=O)N2CCc3cc(-c4noc(C(F)(F)F)n4)sc3C2)cn1. The summed E-state index contributed by atoms with van der Waals surface area (Å²) in [6, 6.07) is 1.76. The Bertz CT molecular complexity index is 974. The van der Waals surface area contributed by atoms with E-state index >= 15 is 0 Å². The molecule has 0 aliphatic carbocycles. The summed E-state index contributed by atoms with van der Waals surface area (Å²) in [5.41, 5.74) is 1.49. The number of aromatic nitrogens is 4. The zero-order valence-corrected chi connectivity index (χ0v) is 14.3. The molecular formula is C15H12F3N5O2S. The van der Waals surface area contributed by atoms with Crippen molar-refractivity contribution >= 4 is 17.2 Å². The smallest absolute Gasteiger partial charge is 0.333 e. The Hall–Kier alpha value is -2.69. The number of halogens is 3. The summed E-state index contributed by atoms with van der Waals surface area (Å²) in [6.07, 6.45) is -0.901. The van der Waals surface area contributed by atoms with Gasteiger partial charge in [0.05, 0.1) is 23.2 Å². The summed E-state index contributed by atoms with van der Waals surface area (Å²) in [4.78, 5) is 19.0. The minimum atomic E-state index is -4.67. The van der Waals surface area contributed by atoms with Crippen LogP contribution in [0.5, 0.6) is 0 Å². The normalized spacial score (nSPS) is 14.5. The van der Waals surface area contributed by atoms with Crippen LogP contribution in [0, 0.1) is 0 Å². The lowest BCUT2D eigenvalue weighted by Gasteiger charge is -2.26. The highest BCUT2D eigenvalue weighted by molar-refractivity contribution is 7.15. The van der Waals surface area contributed by atoms with Crippen molar-refractivity contribution in [2.45, 2.75) is 19.1 Å². The van der Waals surface area contributed by atoms with Crippen LogP contribution in [0.2, 0.25) is 0 Å². The minimum absolute atomic E-state index is 0.0955. The van der Waals surface area contributed by atoms with Crippen molar-refractivity contribution in [2.75, 3.05) is 6.54 Å². The van der Waals surface area contributed by atoms with Crippen molar-refractivity contribution < 1.29 is 22.5 Å². The number of fused-ring (bicyclic) bond motifs is 1. The van der Waals surface area contributed by atoms with Crippen molar-refractivity contribution in [1.29, 1.82) is 0 Å². The summed E-state index contributed by atoms with van der Waals surface area (Å²) >= 11 is 1.27. The number of rotatable bonds is 2.